The number of hydrogen-bond acceptors (Lipinski definition) is 3. The van der Waals surface area contributed by atoms with Gasteiger partial charge in [-0.25, -0.2) is 0 Å². The Morgan fingerprint density at radius 1 is 1.13 bits per heavy atom. The summed E-state index contributed by atoms with van der Waals surface area (Å²) in [6, 6.07) is 15.4. The number of halogens is 1. The van der Waals surface area contributed by atoms with Gasteiger partial charge >= 0.3 is 0 Å². The molecule has 2 rings (SSSR count). The summed E-state index contributed by atoms with van der Waals surface area (Å²) in [6.45, 7) is 3.07. The summed E-state index contributed by atoms with van der Waals surface area (Å²) in [5.41, 5.74) is 8.41. The van der Waals surface area contributed by atoms with E-state index in [0.29, 0.717) is 19.6 Å². The fourth-order valence-corrected chi connectivity index (χ4v) is 2.16. The number of amides is 1. The van der Waals surface area contributed by atoms with Gasteiger partial charge in [0.2, 0.25) is 5.91 Å². The molecule has 2 aromatic rings. The first-order valence-corrected chi connectivity index (χ1v) is 7.52. The minimum absolute atomic E-state index is 0. The van der Waals surface area contributed by atoms with Crippen LogP contribution in [0.5, 0.6) is 5.75 Å². The van der Waals surface area contributed by atoms with Gasteiger partial charge in [-0.05, 0) is 41.8 Å². The molecule has 0 unspecified atom stereocenters. The van der Waals surface area contributed by atoms with Crippen LogP contribution in [0, 0.1) is 0 Å². The van der Waals surface area contributed by atoms with Crippen molar-refractivity contribution in [3.05, 3.63) is 59.7 Å². The molecule has 0 fully saturated rings. The average molecular weight is 335 g/mol. The molecule has 2 aromatic carbocycles. The van der Waals surface area contributed by atoms with Crippen molar-refractivity contribution >= 4 is 24.0 Å². The molecule has 0 saturated heterocycles. The van der Waals surface area contributed by atoms with Gasteiger partial charge in [-0.3, -0.25) is 4.79 Å². The van der Waals surface area contributed by atoms with Crippen LogP contribution in [0.4, 0.5) is 5.69 Å². The zero-order valence-corrected chi connectivity index (χ0v) is 14.1. The van der Waals surface area contributed by atoms with Gasteiger partial charge in [0.05, 0.1) is 6.42 Å². The topological polar surface area (TPSA) is 64.3 Å². The molecule has 0 heterocycles. The molecule has 3 N–H and O–H groups in total. The second-order valence-corrected chi connectivity index (χ2v) is 5.06. The van der Waals surface area contributed by atoms with Gasteiger partial charge in [0.25, 0.3) is 0 Å². The maximum atomic E-state index is 12.1. The highest BCUT2D eigenvalue weighted by atomic mass is 35.5. The Balaban J connectivity index is 0.00000264. The molecule has 0 aliphatic carbocycles. The van der Waals surface area contributed by atoms with Crippen LogP contribution in [0.25, 0.3) is 0 Å². The smallest absolute Gasteiger partial charge is 0.228 e. The molecule has 0 saturated carbocycles. The van der Waals surface area contributed by atoms with E-state index in [1.54, 1.807) is 0 Å². The second kappa shape index (κ2) is 9.87. The van der Waals surface area contributed by atoms with Crippen molar-refractivity contribution < 1.29 is 9.53 Å². The second-order valence-electron chi connectivity index (χ2n) is 5.06. The molecule has 0 spiro atoms. The third kappa shape index (κ3) is 6.30. The Bertz CT molecular complexity index is 615. The summed E-state index contributed by atoms with van der Waals surface area (Å²) in [5.74, 6) is 0.725. The highest BCUT2D eigenvalue weighted by molar-refractivity contribution is 5.92. The van der Waals surface area contributed by atoms with Crippen LogP contribution >= 0.6 is 12.4 Å². The monoisotopic (exact) mass is 334 g/mol. The molecule has 0 bridgehead atoms. The molecule has 0 atom stereocenters. The number of anilines is 1. The van der Waals surface area contributed by atoms with Crippen molar-refractivity contribution in [2.45, 2.75) is 19.8 Å². The lowest BCUT2D eigenvalue weighted by atomic mass is 10.1. The highest BCUT2D eigenvalue weighted by Gasteiger charge is 2.05. The Kier molecular flexibility index (Phi) is 8.16. The van der Waals surface area contributed by atoms with Gasteiger partial charge in [-0.2, -0.15) is 0 Å². The quantitative estimate of drug-likeness (QED) is 0.817. The maximum Gasteiger partial charge on any atom is 0.228 e. The van der Waals surface area contributed by atoms with E-state index in [1.807, 2.05) is 36.4 Å². The van der Waals surface area contributed by atoms with Gasteiger partial charge in [0, 0.05) is 12.2 Å². The van der Waals surface area contributed by atoms with Crippen molar-refractivity contribution in [2.75, 3.05) is 18.5 Å². The molecule has 1 amide bonds. The number of hydrogen-bond donors (Lipinski definition) is 2. The minimum Gasteiger partial charge on any atom is -0.492 e. The summed E-state index contributed by atoms with van der Waals surface area (Å²) in [4.78, 5) is 12.1. The molecular formula is C18H23ClN2O2. The highest BCUT2D eigenvalue weighted by Crippen LogP contribution is 2.16. The van der Waals surface area contributed by atoms with E-state index in [9.17, 15) is 4.79 Å². The molecule has 0 aromatic heterocycles. The zero-order valence-electron chi connectivity index (χ0n) is 13.2. The van der Waals surface area contributed by atoms with Crippen molar-refractivity contribution in [3.8, 4) is 5.75 Å². The molecular weight excluding hydrogens is 312 g/mol. The van der Waals surface area contributed by atoms with Crippen LogP contribution in [0.1, 0.15) is 18.1 Å². The molecule has 0 aliphatic rings. The normalized spacial score (nSPS) is 9.83. The van der Waals surface area contributed by atoms with E-state index in [4.69, 9.17) is 10.5 Å². The van der Waals surface area contributed by atoms with Gasteiger partial charge in [-0.15, -0.1) is 12.4 Å². The number of carbonyl (C=O) groups is 1. The minimum atomic E-state index is -0.0242. The van der Waals surface area contributed by atoms with E-state index in [1.165, 1.54) is 5.56 Å². The standard InChI is InChI=1S/C18H22N2O2.ClH/c1-2-14-4-3-5-15(12-14)13-18(21)20-16-6-8-17(9-7-16)22-11-10-19;/h3-9,12H,2,10-11,13,19H2,1H3,(H,20,21);1H. The number of ether oxygens (including phenoxy) is 1. The summed E-state index contributed by atoms with van der Waals surface area (Å²) in [5, 5.41) is 2.89. The Morgan fingerprint density at radius 2 is 1.83 bits per heavy atom. The van der Waals surface area contributed by atoms with Crippen LogP contribution in [0.2, 0.25) is 0 Å². The number of rotatable bonds is 7. The summed E-state index contributed by atoms with van der Waals surface area (Å²) < 4.78 is 5.40. The van der Waals surface area contributed by atoms with E-state index in [-0.39, 0.29) is 18.3 Å². The largest absolute Gasteiger partial charge is 0.492 e. The Labute approximate surface area is 143 Å². The molecule has 4 nitrogen and oxygen atoms in total. The van der Waals surface area contributed by atoms with Gasteiger partial charge in [-0.1, -0.05) is 31.2 Å². The lowest BCUT2D eigenvalue weighted by molar-refractivity contribution is -0.115. The fourth-order valence-electron chi connectivity index (χ4n) is 2.16. The zero-order chi connectivity index (χ0) is 15.8. The number of benzene rings is 2. The summed E-state index contributed by atoms with van der Waals surface area (Å²) in [6.07, 6.45) is 1.35. The molecule has 0 aliphatic heterocycles. The van der Waals surface area contributed by atoms with Crippen molar-refractivity contribution in [3.63, 3.8) is 0 Å². The summed E-state index contributed by atoms with van der Waals surface area (Å²) in [7, 11) is 0. The van der Waals surface area contributed by atoms with Gasteiger partial charge in [0.15, 0.2) is 0 Å². The first-order chi connectivity index (χ1) is 10.7. The lowest BCUT2D eigenvalue weighted by Gasteiger charge is -2.08. The number of aryl methyl sites for hydroxylation is 1. The third-order valence-electron chi connectivity index (χ3n) is 3.29. The number of nitrogens with two attached hydrogens (primary N) is 1. The fraction of sp³-hybridized carbons (Fsp3) is 0.278. The van der Waals surface area contributed by atoms with Crippen LogP contribution in [0.15, 0.2) is 48.5 Å². The Morgan fingerprint density at radius 3 is 2.48 bits per heavy atom. The predicted molar refractivity (Wildman–Crippen MR) is 96.4 cm³/mol. The van der Waals surface area contributed by atoms with Crippen LogP contribution in [0.3, 0.4) is 0 Å². The predicted octanol–water partition coefficient (Wildman–Crippen LogP) is 3.19. The van der Waals surface area contributed by atoms with Crippen molar-refractivity contribution in [2.24, 2.45) is 5.73 Å². The first kappa shape index (κ1) is 19.0. The maximum absolute atomic E-state index is 12.1. The van der Waals surface area contributed by atoms with E-state index >= 15 is 0 Å². The van der Waals surface area contributed by atoms with E-state index in [0.717, 1.165) is 23.4 Å². The number of nitrogens with one attached hydrogen (secondary N) is 1. The average Bonchev–Trinajstić information content (AvgIpc) is 2.54. The van der Waals surface area contributed by atoms with E-state index in [2.05, 4.69) is 24.4 Å². The van der Waals surface area contributed by atoms with Gasteiger partial charge < -0.3 is 15.8 Å². The SMILES string of the molecule is CCc1cccc(CC(=O)Nc2ccc(OCCN)cc2)c1.Cl. The molecule has 23 heavy (non-hydrogen) atoms. The van der Waals surface area contributed by atoms with Crippen molar-refractivity contribution in [1.82, 2.24) is 0 Å². The molecule has 0 radical (unpaired) electrons. The third-order valence-corrected chi connectivity index (χ3v) is 3.29. The Hall–Kier alpha value is -2.04. The number of carbonyl (C=O) groups excluding carboxylic acids is 1. The van der Waals surface area contributed by atoms with E-state index < -0.39 is 0 Å². The first-order valence-electron chi connectivity index (χ1n) is 7.52. The van der Waals surface area contributed by atoms with Crippen LogP contribution < -0.4 is 15.8 Å². The lowest BCUT2D eigenvalue weighted by Crippen LogP contribution is -2.14. The molecule has 124 valence electrons. The van der Waals surface area contributed by atoms with Crippen LogP contribution in [-0.2, 0) is 17.6 Å². The van der Waals surface area contributed by atoms with Crippen LogP contribution in [-0.4, -0.2) is 19.1 Å². The molecule has 5 heteroatoms. The van der Waals surface area contributed by atoms with Gasteiger partial charge in [0.1, 0.15) is 12.4 Å². The van der Waals surface area contributed by atoms with Crippen molar-refractivity contribution in [1.29, 1.82) is 0 Å². The summed E-state index contributed by atoms with van der Waals surface area (Å²) >= 11 is 0.